The number of aryl methyl sites for hydroxylation is 1. The smallest absolute Gasteiger partial charge is 0.410 e. The van der Waals surface area contributed by atoms with Crippen LogP contribution in [0.4, 0.5) is 4.79 Å². The molecule has 2 fully saturated rings. The molecule has 1 amide bonds. The second-order valence-corrected chi connectivity index (χ2v) is 9.63. The van der Waals surface area contributed by atoms with Crippen LogP contribution in [0.15, 0.2) is 54.6 Å². The van der Waals surface area contributed by atoms with Gasteiger partial charge in [0.2, 0.25) is 0 Å². The van der Waals surface area contributed by atoms with E-state index in [1.165, 1.54) is 31.2 Å². The molecule has 2 bridgehead atoms. The third-order valence-corrected chi connectivity index (χ3v) is 7.23. The molecule has 0 spiro atoms. The zero-order chi connectivity index (χ0) is 22.4. The van der Waals surface area contributed by atoms with Crippen molar-refractivity contribution in [2.24, 2.45) is 0 Å². The fraction of sp³-hybridized carbons (Fsp3) is 0.536. The van der Waals surface area contributed by atoms with Crippen LogP contribution in [-0.2, 0) is 23.4 Å². The lowest BCUT2D eigenvalue weighted by atomic mass is 9.72. The first-order chi connectivity index (χ1) is 15.6. The van der Waals surface area contributed by atoms with E-state index in [2.05, 4.69) is 31.2 Å². The van der Waals surface area contributed by atoms with Crippen molar-refractivity contribution in [1.29, 1.82) is 0 Å². The van der Waals surface area contributed by atoms with Gasteiger partial charge in [-0.2, -0.15) is 0 Å². The Kier molecular flexibility index (Phi) is 7.51. The molecule has 0 aromatic heterocycles. The summed E-state index contributed by atoms with van der Waals surface area (Å²) in [5.41, 5.74) is 2.46. The van der Waals surface area contributed by atoms with Crippen LogP contribution in [0.5, 0.6) is 0 Å². The zero-order valence-electron chi connectivity index (χ0n) is 19.3. The third-order valence-electron chi connectivity index (χ3n) is 7.23. The number of carbonyl (C=O) groups is 1. The van der Waals surface area contributed by atoms with Gasteiger partial charge in [-0.1, -0.05) is 80.8 Å². The quantitative estimate of drug-likeness (QED) is 0.492. The van der Waals surface area contributed by atoms with Crippen LogP contribution >= 0.6 is 0 Å². The van der Waals surface area contributed by atoms with Crippen LogP contribution in [0.2, 0.25) is 0 Å². The number of carbonyl (C=O) groups excluding carboxylic acids is 1. The molecule has 2 atom stereocenters. The summed E-state index contributed by atoms with van der Waals surface area (Å²) < 4.78 is 5.65. The summed E-state index contributed by atoms with van der Waals surface area (Å²) in [5, 5.41) is 11.6. The van der Waals surface area contributed by atoms with Crippen molar-refractivity contribution < 1.29 is 14.6 Å². The van der Waals surface area contributed by atoms with Gasteiger partial charge >= 0.3 is 6.09 Å². The van der Waals surface area contributed by atoms with Gasteiger partial charge in [-0.25, -0.2) is 4.79 Å². The molecule has 1 N–H and O–H groups in total. The van der Waals surface area contributed by atoms with Gasteiger partial charge in [0.05, 0.1) is 5.60 Å². The fourth-order valence-electron chi connectivity index (χ4n) is 5.49. The molecule has 0 aliphatic carbocycles. The van der Waals surface area contributed by atoms with Gasteiger partial charge in [0.1, 0.15) is 6.61 Å². The molecule has 2 saturated heterocycles. The average Bonchev–Trinajstić information content (AvgIpc) is 2.81. The number of amides is 1. The average molecular weight is 436 g/mol. The summed E-state index contributed by atoms with van der Waals surface area (Å²) in [6.07, 6.45) is 10.0. The van der Waals surface area contributed by atoms with E-state index in [1.54, 1.807) is 0 Å². The number of piperidine rings is 2. The van der Waals surface area contributed by atoms with Crippen molar-refractivity contribution in [3.63, 3.8) is 0 Å². The third kappa shape index (κ3) is 5.35. The highest BCUT2D eigenvalue weighted by atomic mass is 16.6. The molecule has 4 rings (SSSR count). The summed E-state index contributed by atoms with van der Waals surface area (Å²) in [6, 6.07) is 18.4. The molecular formula is C28H37NO3. The maximum Gasteiger partial charge on any atom is 0.410 e. The normalized spacial score (nSPS) is 24.9. The topological polar surface area (TPSA) is 49.8 Å². The van der Waals surface area contributed by atoms with Gasteiger partial charge < -0.3 is 14.7 Å². The molecule has 2 heterocycles. The number of benzene rings is 2. The first-order valence-corrected chi connectivity index (χ1v) is 12.4. The minimum Gasteiger partial charge on any atom is -0.445 e. The van der Waals surface area contributed by atoms with Gasteiger partial charge in [-0.3, -0.25) is 0 Å². The Hall–Kier alpha value is -2.33. The van der Waals surface area contributed by atoms with Crippen LogP contribution in [0.25, 0.3) is 0 Å². The number of fused-ring (bicyclic) bond motifs is 2. The molecule has 32 heavy (non-hydrogen) atoms. The largest absolute Gasteiger partial charge is 0.445 e. The van der Waals surface area contributed by atoms with Crippen molar-refractivity contribution >= 4 is 6.09 Å². The summed E-state index contributed by atoms with van der Waals surface area (Å²) in [7, 11) is 0. The highest BCUT2D eigenvalue weighted by molar-refractivity contribution is 5.69. The number of hydrogen-bond donors (Lipinski definition) is 1. The number of ether oxygens (including phenoxy) is 1. The zero-order valence-corrected chi connectivity index (χ0v) is 19.3. The minimum atomic E-state index is -0.868. The molecule has 4 nitrogen and oxygen atoms in total. The van der Waals surface area contributed by atoms with E-state index in [1.807, 2.05) is 35.2 Å². The Morgan fingerprint density at radius 1 is 0.969 bits per heavy atom. The Labute approximate surface area is 192 Å². The van der Waals surface area contributed by atoms with Crippen molar-refractivity contribution in [3.05, 3.63) is 71.3 Å². The van der Waals surface area contributed by atoms with Crippen molar-refractivity contribution in [1.82, 2.24) is 4.90 Å². The van der Waals surface area contributed by atoms with Gasteiger partial charge in [0, 0.05) is 24.9 Å². The first kappa shape index (κ1) is 22.8. The Bertz CT molecular complexity index is 850. The monoisotopic (exact) mass is 435 g/mol. The maximum atomic E-state index is 12.9. The summed E-state index contributed by atoms with van der Waals surface area (Å²) in [4.78, 5) is 14.9. The van der Waals surface area contributed by atoms with Crippen LogP contribution in [0.1, 0.15) is 81.4 Å². The number of aliphatic hydroxyl groups is 1. The first-order valence-electron chi connectivity index (χ1n) is 12.4. The van der Waals surface area contributed by atoms with Crippen LogP contribution < -0.4 is 0 Å². The Balaban J connectivity index is 1.39. The van der Waals surface area contributed by atoms with E-state index in [-0.39, 0.29) is 18.2 Å². The van der Waals surface area contributed by atoms with Crippen LogP contribution in [0, 0.1) is 0 Å². The summed E-state index contributed by atoms with van der Waals surface area (Å²) in [6.45, 7) is 2.53. The second-order valence-electron chi connectivity index (χ2n) is 9.63. The molecule has 0 radical (unpaired) electrons. The summed E-state index contributed by atoms with van der Waals surface area (Å²) in [5.74, 6) is 0. The molecule has 172 valence electrons. The standard InChI is InChI=1S/C28H37NO3/c1-2-3-4-6-10-22-15-17-24(18-16-22)28(31)19-25-13-9-14-26(20-28)29(25)27(30)32-21-23-11-7-5-8-12-23/h5,7-8,11-12,15-18,25-26,31H,2-4,6,9-10,13-14,19-21H2,1H3. The van der Waals surface area contributed by atoms with Gasteiger partial charge in [0.15, 0.2) is 0 Å². The number of unbranched alkanes of at least 4 members (excludes halogenated alkanes) is 3. The Morgan fingerprint density at radius 3 is 2.31 bits per heavy atom. The lowest BCUT2D eigenvalue weighted by molar-refractivity contribution is -0.0896. The van der Waals surface area contributed by atoms with Crippen molar-refractivity contribution in [3.8, 4) is 0 Å². The second kappa shape index (κ2) is 10.5. The molecule has 2 aliphatic rings. The molecule has 4 heteroatoms. The Morgan fingerprint density at radius 2 is 1.66 bits per heavy atom. The van der Waals surface area contributed by atoms with Gasteiger partial charge in [0.25, 0.3) is 0 Å². The molecule has 2 unspecified atom stereocenters. The minimum absolute atomic E-state index is 0.0319. The lowest BCUT2D eigenvalue weighted by Gasteiger charge is -2.51. The van der Waals surface area contributed by atoms with E-state index in [4.69, 9.17) is 4.74 Å². The van der Waals surface area contributed by atoms with E-state index in [0.717, 1.165) is 36.8 Å². The van der Waals surface area contributed by atoms with Gasteiger partial charge in [-0.15, -0.1) is 0 Å². The molecular weight excluding hydrogens is 398 g/mol. The van der Waals surface area contributed by atoms with Crippen molar-refractivity contribution in [2.75, 3.05) is 0 Å². The van der Waals surface area contributed by atoms with Crippen LogP contribution in [0.3, 0.4) is 0 Å². The molecule has 2 aromatic carbocycles. The van der Waals surface area contributed by atoms with Crippen molar-refractivity contribution in [2.45, 2.75) is 95.4 Å². The number of rotatable bonds is 8. The summed E-state index contributed by atoms with van der Waals surface area (Å²) >= 11 is 0. The molecule has 2 aliphatic heterocycles. The molecule has 0 saturated carbocycles. The molecule has 2 aromatic rings. The SMILES string of the molecule is CCCCCCc1ccc(C2(O)CC3CCCC(C2)N3C(=O)OCc2ccccc2)cc1. The van der Waals surface area contributed by atoms with Crippen LogP contribution in [-0.4, -0.2) is 28.2 Å². The van der Waals surface area contributed by atoms with E-state index >= 15 is 0 Å². The predicted octanol–water partition coefficient (Wildman–Crippen LogP) is 6.35. The highest BCUT2D eigenvalue weighted by Gasteiger charge is 2.48. The fourth-order valence-corrected chi connectivity index (χ4v) is 5.49. The van der Waals surface area contributed by atoms with E-state index in [0.29, 0.717) is 19.4 Å². The number of nitrogens with zero attached hydrogens (tertiary/aromatic N) is 1. The highest BCUT2D eigenvalue weighted by Crippen LogP contribution is 2.44. The van der Waals surface area contributed by atoms with Gasteiger partial charge in [-0.05, 0) is 48.8 Å². The van der Waals surface area contributed by atoms with E-state index in [9.17, 15) is 9.90 Å². The lowest BCUT2D eigenvalue weighted by Crippen LogP contribution is -2.58. The van der Waals surface area contributed by atoms with E-state index < -0.39 is 5.60 Å². The number of hydrogen-bond acceptors (Lipinski definition) is 3. The predicted molar refractivity (Wildman–Crippen MR) is 127 cm³/mol. The maximum absolute atomic E-state index is 12.9.